The number of rotatable bonds is 4. The maximum absolute atomic E-state index is 10.9. The van der Waals surface area contributed by atoms with Gasteiger partial charge in [0.05, 0.1) is 6.54 Å². The molecule has 126 valence electrons. The second-order valence-corrected chi connectivity index (χ2v) is 6.81. The lowest BCUT2D eigenvalue weighted by atomic mass is 9.64. The van der Waals surface area contributed by atoms with Crippen LogP contribution in [-0.2, 0) is 4.79 Å². The van der Waals surface area contributed by atoms with E-state index in [0.717, 1.165) is 51.1 Å². The lowest BCUT2D eigenvalue weighted by Gasteiger charge is -2.51. The average molecular weight is 319 g/mol. The molecule has 2 N–H and O–H groups in total. The molecule has 6 heteroatoms. The highest BCUT2D eigenvalue weighted by molar-refractivity contribution is 5.69. The van der Waals surface area contributed by atoms with Gasteiger partial charge in [-0.15, -0.1) is 0 Å². The van der Waals surface area contributed by atoms with Gasteiger partial charge in [-0.05, 0) is 49.9 Å². The van der Waals surface area contributed by atoms with Crippen molar-refractivity contribution in [1.82, 2.24) is 9.88 Å². The third-order valence-corrected chi connectivity index (χ3v) is 5.65. The summed E-state index contributed by atoms with van der Waals surface area (Å²) < 4.78 is 0. The lowest BCUT2D eigenvalue weighted by molar-refractivity contribution is -0.139. The van der Waals surface area contributed by atoms with E-state index in [2.05, 4.69) is 9.88 Å². The van der Waals surface area contributed by atoms with Crippen molar-refractivity contribution in [3.8, 4) is 0 Å². The van der Waals surface area contributed by atoms with Crippen LogP contribution in [0.3, 0.4) is 0 Å². The highest BCUT2D eigenvalue weighted by Gasteiger charge is 2.44. The number of piperidine rings is 2. The van der Waals surface area contributed by atoms with E-state index in [1.807, 2.05) is 17.0 Å². The fourth-order valence-corrected chi connectivity index (χ4v) is 4.16. The summed E-state index contributed by atoms with van der Waals surface area (Å²) in [6.07, 6.45) is 6.63. The minimum atomic E-state index is -0.757. The number of carboxylic acids is 1. The highest BCUT2D eigenvalue weighted by atomic mass is 16.4. The van der Waals surface area contributed by atoms with Crippen LogP contribution in [0.5, 0.6) is 0 Å². The third kappa shape index (κ3) is 3.48. The summed E-state index contributed by atoms with van der Waals surface area (Å²) in [5.74, 6) is -0.511. The van der Waals surface area contributed by atoms with Crippen LogP contribution in [0.1, 0.15) is 19.3 Å². The molecule has 0 aromatic carbocycles. The van der Waals surface area contributed by atoms with Gasteiger partial charge >= 0.3 is 5.97 Å². The van der Waals surface area contributed by atoms with E-state index in [1.54, 1.807) is 12.4 Å². The minimum absolute atomic E-state index is 0.128. The lowest BCUT2D eigenvalue weighted by Crippen LogP contribution is -2.54. The zero-order valence-electron chi connectivity index (χ0n) is 13.4. The number of anilines is 1. The van der Waals surface area contributed by atoms with Gasteiger partial charge in [-0.1, -0.05) is 0 Å². The zero-order valence-corrected chi connectivity index (χ0v) is 13.4. The molecule has 0 radical (unpaired) electrons. The van der Waals surface area contributed by atoms with Gasteiger partial charge in [-0.3, -0.25) is 14.7 Å². The van der Waals surface area contributed by atoms with Crippen LogP contribution in [-0.4, -0.2) is 65.4 Å². The molecule has 2 aliphatic rings. The fourth-order valence-electron chi connectivity index (χ4n) is 4.16. The molecule has 1 spiro atoms. The van der Waals surface area contributed by atoms with Gasteiger partial charge in [0.15, 0.2) is 0 Å². The highest BCUT2D eigenvalue weighted by Crippen LogP contribution is 2.45. The second kappa shape index (κ2) is 6.84. The van der Waals surface area contributed by atoms with E-state index in [1.165, 1.54) is 0 Å². The monoisotopic (exact) mass is 319 g/mol. The van der Waals surface area contributed by atoms with E-state index in [0.29, 0.717) is 0 Å². The number of aliphatic hydroxyl groups excluding tert-OH is 1. The predicted octanol–water partition coefficient (Wildman–Crippen LogP) is 1.07. The quantitative estimate of drug-likeness (QED) is 0.864. The Kier molecular flexibility index (Phi) is 4.82. The molecule has 2 fully saturated rings. The number of nitrogens with zero attached hydrogens (tertiary/aromatic N) is 3. The average Bonchev–Trinajstić information content (AvgIpc) is 2.58. The van der Waals surface area contributed by atoms with Crippen LogP contribution >= 0.6 is 0 Å². The Morgan fingerprint density at radius 1 is 1.22 bits per heavy atom. The van der Waals surface area contributed by atoms with E-state index >= 15 is 0 Å². The molecular weight excluding hydrogens is 294 g/mol. The molecule has 3 heterocycles. The number of hydrogen-bond acceptors (Lipinski definition) is 5. The summed E-state index contributed by atoms with van der Waals surface area (Å²) in [6.45, 7) is 3.80. The van der Waals surface area contributed by atoms with Gasteiger partial charge in [0.2, 0.25) is 0 Å². The van der Waals surface area contributed by atoms with Crippen molar-refractivity contribution in [3.63, 3.8) is 0 Å². The largest absolute Gasteiger partial charge is 0.480 e. The molecule has 0 aliphatic carbocycles. The van der Waals surface area contributed by atoms with Crippen molar-refractivity contribution in [2.45, 2.75) is 19.3 Å². The van der Waals surface area contributed by atoms with E-state index in [4.69, 9.17) is 5.11 Å². The zero-order chi connectivity index (χ0) is 16.3. The molecule has 3 rings (SSSR count). The summed E-state index contributed by atoms with van der Waals surface area (Å²) in [6, 6.07) is 4.03. The van der Waals surface area contributed by atoms with Crippen LogP contribution in [0.15, 0.2) is 24.5 Å². The Hall–Kier alpha value is -1.66. The topological polar surface area (TPSA) is 76.9 Å². The van der Waals surface area contributed by atoms with E-state index in [9.17, 15) is 9.90 Å². The Morgan fingerprint density at radius 2 is 1.87 bits per heavy atom. The summed E-state index contributed by atoms with van der Waals surface area (Å²) in [4.78, 5) is 19.3. The molecule has 1 aromatic heterocycles. The van der Waals surface area contributed by atoms with Crippen LogP contribution in [0.25, 0.3) is 0 Å². The van der Waals surface area contributed by atoms with Crippen molar-refractivity contribution >= 4 is 11.7 Å². The summed E-state index contributed by atoms with van der Waals surface area (Å²) in [5.41, 5.74) is 1.32. The molecular formula is C17H25N3O3. The van der Waals surface area contributed by atoms with Gasteiger partial charge < -0.3 is 15.1 Å². The van der Waals surface area contributed by atoms with Crippen molar-refractivity contribution in [2.75, 3.05) is 44.2 Å². The number of aliphatic hydroxyl groups is 1. The normalized spacial score (nSPS) is 24.7. The number of carboxylic acid groups (broad SMARTS) is 1. The van der Waals surface area contributed by atoms with Gasteiger partial charge in [-0.25, -0.2) is 0 Å². The molecule has 23 heavy (non-hydrogen) atoms. The fraction of sp³-hybridized carbons (Fsp3) is 0.647. The van der Waals surface area contributed by atoms with Gasteiger partial charge in [0.1, 0.15) is 0 Å². The summed E-state index contributed by atoms with van der Waals surface area (Å²) >= 11 is 0. The first-order valence-corrected chi connectivity index (χ1v) is 8.33. The Balaban J connectivity index is 1.65. The number of aliphatic carboxylic acids is 1. The molecule has 1 unspecified atom stereocenters. The van der Waals surface area contributed by atoms with Crippen LogP contribution < -0.4 is 4.90 Å². The van der Waals surface area contributed by atoms with Crippen molar-refractivity contribution in [2.24, 2.45) is 11.3 Å². The van der Waals surface area contributed by atoms with Gasteiger partial charge in [0.25, 0.3) is 0 Å². The maximum atomic E-state index is 10.9. The Labute approximate surface area is 136 Å². The molecule has 2 saturated heterocycles. The van der Waals surface area contributed by atoms with Crippen molar-refractivity contribution < 1.29 is 15.0 Å². The van der Waals surface area contributed by atoms with Crippen molar-refractivity contribution in [3.05, 3.63) is 24.5 Å². The molecule has 0 bridgehead atoms. The van der Waals surface area contributed by atoms with Crippen molar-refractivity contribution in [1.29, 1.82) is 0 Å². The first-order chi connectivity index (χ1) is 11.1. The molecule has 0 amide bonds. The van der Waals surface area contributed by atoms with Gasteiger partial charge in [0, 0.05) is 43.7 Å². The predicted molar refractivity (Wildman–Crippen MR) is 87.4 cm³/mol. The smallest absolute Gasteiger partial charge is 0.317 e. The number of likely N-dealkylation sites (tertiary alicyclic amines) is 1. The Morgan fingerprint density at radius 3 is 2.48 bits per heavy atom. The third-order valence-electron chi connectivity index (χ3n) is 5.65. The first kappa shape index (κ1) is 16.2. The molecule has 0 saturated carbocycles. The summed E-state index contributed by atoms with van der Waals surface area (Å²) in [5, 5.41) is 18.9. The standard InChI is InChI=1S/C17H25N3O3/c21-13-14-11-20(15-1-6-18-7-2-15)10-5-17(14)3-8-19(9-4-17)12-16(22)23/h1-2,6-7,14,21H,3-5,8-13H2,(H,22,23). The molecule has 2 aliphatic heterocycles. The van der Waals surface area contributed by atoms with Crippen LogP contribution in [0, 0.1) is 11.3 Å². The first-order valence-electron chi connectivity index (χ1n) is 8.33. The molecule has 6 nitrogen and oxygen atoms in total. The van der Waals surface area contributed by atoms with Crippen LogP contribution in [0.2, 0.25) is 0 Å². The SMILES string of the molecule is O=C(O)CN1CCC2(CC1)CCN(c1ccncc1)CC2CO. The number of carbonyl (C=O) groups is 1. The molecule has 1 aromatic rings. The van der Waals surface area contributed by atoms with Gasteiger partial charge in [-0.2, -0.15) is 0 Å². The Bertz CT molecular complexity index is 529. The minimum Gasteiger partial charge on any atom is -0.480 e. The number of hydrogen-bond donors (Lipinski definition) is 2. The van der Waals surface area contributed by atoms with E-state index in [-0.39, 0.29) is 24.5 Å². The molecule has 1 atom stereocenters. The second-order valence-electron chi connectivity index (χ2n) is 6.81. The summed E-state index contributed by atoms with van der Waals surface area (Å²) in [7, 11) is 0. The number of pyridine rings is 1. The maximum Gasteiger partial charge on any atom is 0.317 e. The van der Waals surface area contributed by atoms with E-state index < -0.39 is 5.97 Å². The number of aromatic nitrogens is 1. The van der Waals surface area contributed by atoms with Crippen LogP contribution in [0.4, 0.5) is 5.69 Å².